The molecule has 0 spiro atoms. The highest BCUT2D eigenvalue weighted by Crippen LogP contribution is 2.37. The maximum Gasteiger partial charge on any atom is 0.0253 e. The molecular formula is C17H15Br. The van der Waals surface area contributed by atoms with E-state index in [9.17, 15) is 0 Å². The molecule has 0 radical (unpaired) electrons. The molecule has 0 aromatic heterocycles. The molecule has 0 nitrogen and oxygen atoms in total. The first-order valence-electron chi connectivity index (χ1n) is 6.36. The number of fused-ring (bicyclic) bond motifs is 1. The van der Waals surface area contributed by atoms with E-state index >= 15 is 0 Å². The second-order valence-corrected chi connectivity index (χ2v) is 5.55. The summed E-state index contributed by atoms with van der Waals surface area (Å²) < 4.78 is 1.16. The third kappa shape index (κ3) is 1.93. The van der Waals surface area contributed by atoms with Crippen LogP contribution in [0.2, 0.25) is 0 Å². The van der Waals surface area contributed by atoms with Crippen LogP contribution in [0.1, 0.15) is 24.5 Å². The van der Waals surface area contributed by atoms with Gasteiger partial charge in [0.05, 0.1) is 0 Å². The molecule has 1 aliphatic rings. The van der Waals surface area contributed by atoms with Gasteiger partial charge in [-0.3, -0.25) is 0 Å². The molecule has 0 amide bonds. The summed E-state index contributed by atoms with van der Waals surface area (Å²) in [6.07, 6.45) is 4.62. The number of benzene rings is 2. The Morgan fingerprint density at radius 3 is 2.56 bits per heavy atom. The Bertz CT molecular complexity index is 623. The fourth-order valence-electron chi connectivity index (χ4n) is 2.58. The molecule has 3 rings (SSSR count). The maximum absolute atomic E-state index is 3.65. The van der Waals surface area contributed by atoms with E-state index in [0.29, 0.717) is 0 Å². The van der Waals surface area contributed by atoms with E-state index in [1.807, 2.05) is 0 Å². The normalized spacial score (nSPS) is 13.3. The zero-order chi connectivity index (χ0) is 12.5. The van der Waals surface area contributed by atoms with Gasteiger partial charge in [-0.2, -0.15) is 0 Å². The number of rotatable bonds is 2. The SMILES string of the molecule is CCC1=Cc2c(cccc2-c2ccccc2Br)C1. The lowest BCUT2D eigenvalue weighted by Crippen LogP contribution is -1.88. The van der Waals surface area contributed by atoms with Crippen molar-refractivity contribution in [2.24, 2.45) is 0 Å². The average Bonchev–Trinajstić information content (AvgIpc) is 2.82. The van der Waals surface area contributed by atoms with Crippen LogP contribution in [-0.4, -0.2) is 0 Å². The van der Waals surface area contributed by atoms with Gasteiger partial charge in [0.15, 0.2) is 0 Å². The summed E-state index contributed by atoms with van der Waals surface area (Å²) >= 11 is 3.65. The summed E-state index contributed by atoms with van der Waals surface area (Å²) in [7, 11) is 0. The minimum Gasteiger partial charge on any atom is -0.0655 e. The molecule has 0 unspecified atom stereocenters. The molecule has 18 heavy (non-hydrogen) atoms. The highest BCUT2D eigenvalue weighted by atomic mass is 79.9. The molecule has 1 heteroatoms. The van der Waals surface area contributed by atoms with Gasteiger partial charge in [0.1, 0.15) is 0 Å². The zero-order valence-electron chi connectivity index (χ0n) is 10.4. The quantitative estimate of drug-likeness (QED) is 0.690. The molecule has 0 heterocycles. The van der Waals surface area contributed by atoms with Crippen molar-refractivity contribution in [2.75, 3.05) is 0 Å². The maximum atomic E-state index is 3.65. The molecule has 0 fully saturated rings. The van der Waals surface area contributed by atoms with Crippen molar-refractivity contribution in [3.8, 4) is 11.1 Å². The van der Waals surface area contributed by atoms with Crippen LogP contribution in [0.15, 0.2) is 52.5 Å². The van der Waals surface area contributed by atoms with Gasteiger partial charge in [-0.25, -0.2) is 0 Å². The highest BCUT2D eigenvalue weighted by Gasteiger charge is 2.16. The van der Waals surface area contributed by atoms with E-state index < -0.39 is 0 Å². The number of hydrogen-bond donors (Lipinski definition) is 0. The van der Waals surface area contributed by atoms with Gasteiger partial charge in [0, 0.05) is 4.47 Å². The van der Waals surface area contributed by atoms with Gasteiger partial charge in [-0.15, -0.1) is 0 Å². The second-order valence-electron chi connectivity index (χ2n) is 4.69. The smallest absolute Gasteiger partial charge is 0.0253 e. The van der Waals surface area contributed by atoms with Crippen LogP contribution in [0.3, 0.4) is 0 Å². The number of allylic oxidation sites excluding steroid dienone is 1. The third-order valence-corrected chi connectivity index (χ3v) is 4.27. The van der Waals surface area contributed by atoms with Gasteiger partial charge >= 0.3 is 0 Å². The zero-order valence-corrected chi connectivity index (χ0v) is 12.0. The summed E-state index contributed by atoms with van der Waals surface area (Å²) in [5.74, 6) is 0. The fourth-order valence-corrected chi connectivity index (χ4v) is 3.08. The van der Waals surface area contributed by atoms with E-state index in [4.69, 9.17) is 0 Å². The molecular weight excluding hydrogens is 284 g/mol. The van der Waals surface area contributed by atoms with E-state index in [0.717, 1.165) is 17.3 Å². The summed E-state index contributed by atoms with van der Waals surface area (Å²) in [6, 6.07) is 15.1. The highest BCUT2D eigenvalue weighted by molar-refractivity contribution is 9.10. The van der Waals surface area contributed by atoms with E-state index in [1.165, 1.54) is 27.8 Å². The first-order chi connectivity index (χ1) is 8.79. The van der Waals surface area contributed by atoms with E-state index in [2.05, 4.69) is 71.4 Å². The van der Waals surface area contributed by atoms with Crippen LogP contribution in [-0.2, 0) is 6.42 Å². The predicted molar refractivity (Wildman–Crippen MR) is 81.6 cm³/mol. The van der Waals surface area contributed by atoms with Crippen molar-refractivity contribution in [3.63, 3.8) is 0 Å². The fraction of sp³-hybridized carbons (Fsp3) is 0.176. The van der Waals surface area contributed by atoms with Crippen molar-refractivity contribution >= 4 is 22.0 Å². The Labute approximate surface area is 116 Å². The van der Waals surface area contributed by atoms with Crippen LogP contribution >= 0.6 is 15.9 Å². The Morgan fingerprint density at radius 2 is 1.78 bits per heavy atom. The first kappa shape index (κ1) is 11.7. The molecule has 0 N–H and O–H groups in total. The molecule has 0 atom stereocenters. The van der Waals surface area contributed by atoms with Gasteiger partial charge < -0.3 is 0 Å². The molecule has 0 saturated heterocycles. The molecule has 0 bridgehead atoms. The van der Waals surface area contributed by atoms with Crippen molar-refractivity contribution in [2.45, 2.75) is 19.8 Å². The standard InChI is InChI=1S/C17H15Br/c1-2-12-10-13-6-5-8-14(16(13)11-12)15-7-3-4-9-17(15)18/h3-9,11H,2,10H2,1H3. The first-order valence-corrected chi connectivity index (χ1v) is 7.15. The Hall–Kier alpha value is -1.34. The van der Waals surface area contributed by atoms with Crippen LogP contribution in [0.4, 0.5) is 0 Å². The van der Waals surface area contributed by atoms with Crippen LogP contribution < -0.4 is 0 Å². The summed E-state index contributed by atoms with van der Waals surface area (Å²) in [4.78, 5) is 0. The Morgan fingerprint density at radius 1 is 1.00 bits per heavy atom. The van der Waals surface area contributed by atoms with Crippen molar-refractivity contribution in [3.05, 3.63) is 63.6 Å². The minimum absolute atomic E-state index is 1.12. The molecule has 0 aliphatic heterocycles. The third-order valence-electron chi connectivity index (χ3n) is 3.58. The van der Waals surface area contributed by atoms with Gasteiger partial charge in [-0.1, -0.05) is 70.9 Å². The van der Waals surface area contributed by atoms with Crippen molar-refractivity contribution in [1.82, 2.24) is 0 Å². The second kappa shape index (κ2) is 4.74. The molecule has 90 valence electrons. The molecule has 1 aliphatic carbocycles. The van der Waals surface area contributed by atoms with E-state index in [1.54, 1.807) is 0 Å². The van der Waals surface area contributed by atoms with Crippen LogP contribution in [0.5, 0.6) is 0 Å². The molecule has 2 aromatic rings. The van der Waals surface area contributed by atoms with Gasteiger partial charge in [-0.05, 0) is 41.2 Å². The van der Waals surface area contributed by atoms with Crippen LogP contribution in [0.25, 0.3) is 17.2 Å². The monoisotopic (exact) mass is 298 g/mol. The Balaban J connectivity index is 2.18. The predicted octanol–water partition coefficient (Wildman–Crippen LogP) is 5.47. The molecule has 2 aromatic carbocycles. The topological polar surface area (TPSA) is 0 Å². The average molecular weight is 299 g/mol. The largest absolute Gasteiger partial charge is 0.0655 e. The van der Waals surface area contributed by atoms with Crippen LogP contribution in [0, 0.1) is 0 Å². The summed E-state index contributed by atoms with van der Waals surface area (Å²) in [5, 5.41) is 0. The summed E-state index contributed by atoms with van der Waals surface area (Å²) in [5.41, 5.74) is 7.01. The number of hydrogen-bond acceptors (Lipinski definition) is 0. The lowest BCUT2D eigenvalue weighted by Gasteiger charge is -2.09. The lowest BCUT2D eigenvalue weighted by atomic mass is 9.97. The lowest BCUT2D eigenvalue weighted by molar-refractivity contribution is 1.04. The minimum atomic E-state index is 1.12. The Kier molecular flexibility index (Phi) is 3.09. The van der Waals surface area contributed by atoms with Crippen molar-refractivity contribution < 1.29 is 0 Å². The van der Waals surface area contributed by atoms with Gasteiger partial charge in [0.25, 0.3) is 0 Å². The van der Waals surface area contributed by atoms with Crippen molar-refractivity contribution in [1.29, 1.82) is 0 Å². The van der Waals surface area contributed by atoms with E-state index in [-0.39, 0.29) is 0 Å². The summed E-state index contributed by atoms with van der Waals surface area (Å²) in [6.45, 7) is 2.23. The number of halogens is 1. The van der Waals surface area contributed by atoms with Gasteiger partial charge in [0.2, 0.25) is 0 Å². The molecule has 0 saturated carbocycles.